The molecule has 60 valence electrons. The summed E-state index contributed by atoms with van der Waals surface area (Å²) in [5, 5.41) is 0. The number of aryl methyl sites for hydroxylation is 1. The molecule has 0 radical (unpaired) electrons. The van der Waals surface area contributed by atoms with Crippen LogP contribution in [0.1, 0.15) is 5.82 Å². The summed E-state index contributed by atoms with van der Waals surface area (Å²) in [6.07, 6.45) is 0. The van der Waals surface area contributed by atoms with Crippen molar-refractivity contribution in [3.8, 4) is 5.88 Å². The molecule has 0 aliphatic carbocycles. The van der Waals surface area contributed by atoms with Crippen LogP contribution in [-0.2, 0) is 0 Å². The minimum absolute atomic E-state index is 0.446. The highest BCUT2D eigenvalue weighted by atomic mass is 127. The van der Waals surface area contributed by atoms with Gasteiger partial charge in [0.2, 0.25) is 5.88 Å². The first kappa shape index (κ1) is 8.51. The van der Waals surface area contributed by atoms with Gasteiger partial charge in [-0.05, 0) is 29.5 Å². The molecule has 11 heavy (non-hydrogen) atoms. The normalized spacial score (nSPS) is 9.73. The van der Waals surface area contributed by atoms with Gasteiger partial charge >= 0.3 is 0 Å². The van der Waals surface area contributed by atoms with E-state index in [-0.39, 0.29) is 0 Å². The Bertz CT molecular complexity index is 277. The van der Waals surface area contributed by atoms with Crippen LogP contribution in [0.3, 0.4) is 0 Å². The molecule has 0 atom stereocenters. The molecule has 0 aromatic carbocycles. The molecule has 0 saturated carbocycles. The minimum atomic E-state index is 0.446. The molecule has 0 saturated heterocycles. The molecule has 2 N–H and O–H groups in total. The molecule has 0 aliphatic rings. The number of hydrogen-bond donors (Lipinski definition) is 1. The number of aromatic nitrogens is 2. The first-order valence-corrected chi connectivity index (χ1v) is 4.06. The van der Waals surface area contributed by atoms with Crippen LogP contribution >= 0.6 is 22.6 Å². The van der Waals surface area contributed by atoms with Crippen molar-refractivity contribution in [2.45, 2.75) is 6.92 Å². The number of halogens is 1. The van der Waals surface area contributed by atoms with E-state index in [0.717, 1.165) is 3.70 Å². The number of nitrogen functional groups attached to an aromatic ring is 1. The van der Waals surface area contributed by atoms with Crippen LogP contribution in [0.25, 0.3) is 0 Å². The Morgan fingerprint density at radius 2 is 2.09 bits per heavy atom. The van der Waals surface area contributed by atoms with E-state index in [2.05, 4.69) is 9.97 Å². The average molecular weight is 265 g/mol. The Labute approximate surface area is 78.3 Å². The molecule has 0 amide bonds. The van der Waals surface area contributed by atoms with Gasteiger partial charge in [-0.1, -0.05) is 0 Å². The quantitative estimate of drug-likeness (QED) is 0.607. The Kier molecular flexibility index (Phi) is 2.48. The summed E-state index contributed by atoms with van der Waals surface area (Å²) in [6, 6.07) is 0. The fourth-order valence-electron chi connectivity index (χ4n) is 0.678. The van der Waals surface area contributed by atoms with E-state index in [1.54, 1.807) is 6.92 Å². The smallest absolute Gasteiger partial charge is 0.241 e. The molecule has 1 rings (SSSR count). The van der Waals surface area contributed by atoms with Gasteiger partial charge in [0.05, 0.1) is 7.11 Å². The lowest BCUT2D eigenvalue weighted by Gasteiger charge is -2.04. The largest absolute Gasteiger partial charge is 0.479 e. The molecule has 0 aliphatic heterocycles. The zero-order valence-electron chi connectivity index (χ0n) is 6.26. The van der Waals surface area contributed by atoms with E-state index in [4.69, 9.17) is 10.5 Å². The fraction of sp³-hybridized carbons (Fsp3) is 0.333. The molecular weight excluding hydrogens is 257 g/mol. The third-order valence-corrected chi connectivity index (χ3v) is 1.99. The SMILES string of the molecule is COc1nc(C)nc(I)c1N. The Morgan fingerprint density at radius 1 is 1.45 bits per heavy atom. The summed E-state index contributed by atoms with van der Waals surface area (Å²) < 4.78 is 5.65. The van der Waals surface area contributed by atoms with Crippen molar-refractivity contribution in [2.75, 3.05) is 12.8 Å². The zero-order chi connectivity index (χ0) is 8.43. The summed E-state index contributed by atoms with van der Waals surface area (Å²) in [5.41, 5.74) is 6.10. The van der Waals surface area contributed by atoms with Crippen LogP contribution in [0.2, 0.25) is 0 Å². The van der Waals surface area contributed by atoms with Gasteiger partial charge in [-0.3, -0.25) is 0 Å². The summed E-state index contributed by atoms with van der Waals surface area (Å²) in [6.45, 7) is 1.80. The lowest BCUT2D eigenvalue weighted by atomic mass is 10.5. The monoisotopic (exact) mass is 265 g/mol. The van der Waals surface area contributed by atoms with Crippen molar-refractivity contribution in [3.05, 3.63) is 9.53 Å². The predicted octanol–water partition coefficient (Wildman–Crippen LogP) is 0.980. The second-order valence-electron chi connectivity index (χ2n) is 1.98. The number of nitrogens with two attached hydrogens (primary N) is 1. The molecule has 0 spiro atoms. The van der Waals surface area contributed by atoms with Crippen LogP contribution in [0.5, 0.6) is 5.88 Å². The van der Waals surface area contributed by atoms with E-state index in [1.165, 1.54) is 7.11 Å². The van der Waals surface area contributed by atoms with Crippen LogP contribution in [0.15, 0.2) is 0 Å². The lowest BCUT2D eigenvalue weighted by Crippen LogP contribution is -2.02. The first-order valence-electron chi connectivity index (χ1n) is 2.98. The van der Waals surface area contributed by atoms with Crippen molar-refractivity contribution in [2.24, 2.45) is 0 Å². The number of hydrogen-bond acceptors (Lipinski definition) is 4. The van der Waals surface area contributed by atoms with Crippen LogP contribution in [0.4, 0.5) is 5.69 Å². The fourth-order valence-corrected chi connectivity index (χ4v) is 1.26. The van der Waals surface area contributed by atoms with Crippen molar-refractivity contribution in [1.29, 1.82) is 0 Å². The molecule has 0 fully saturated rings. The van der Waals surface area contributed by atoms with Gasteiger partial charge < -0.3 is 10.5 Å². The second kappa shape index (κ2) is 3.21. The van der Waals surface area contributed by atoms with E-state index >= 15 is 0 Å². The number of methoxy groups -OCH3 is 1. The van der Waals surface area contributed by atoms with Crippen molar-refractivity contribution >= 4 is 28.3 Å². The standard InChI is InChI=1S/C6H8IN3O/c1-3-9-5(7)4(8)6(10-3)11-2/h8H2,1-2H3. The van der Waals surface area contributed by atoms with Gasteiger partial charge in [-0.25, -0.2) is 4.98 Å². The minimum Gasteiger partial charge on any atom is -0.479 e. The predicted molar refractivity (Wildman–Crippen MR) is 50.5 cm³/mol. The molecular formula is C6H8IN3O. The first-order chi connectivity index (χ1) is 5.15. The lowest BCUT2D eigenvalue weighted by molar-refractivity contribution is 0.397. The van der Waals surface area contributed by atoms with Gasteiger partial charge in [-0.15, -0.1) is 0 Å². The number of nitrogens with zero attached hydrogens (tertiary/aromatic N) is 2. The van der Waals surface area contributed by atoms with Crippen molar-refractivity contribution < 1.29 is 4.74 Å². The number of ether oxygens (including phenoxy) is 1. The number of anilines is 1. The van der Waals surface area contributed by atoms with Gasteiger partial charge in [0, 0.05) is 0 Å². The van der Waals surface area contributed by atoms with Crippen LogP contribution in [0, 0.1) is 10.6 Å². The van der Waals surface area contributed by atoms with E-state index in [1.807, 2.05) is 22.6 Å². The third-order valence-electron chi connectivity index (χ3n) is 1.17. The third kappa shape index (κ3) is 1.70. The highest BCUT2D eigenvalue weighted by Gasteiger charge is 2.06. The molecule has 0 unspecified atom stereocenters. The molecule has 0 bridgehead atoms. The Hall–Kier alpha value is -0.590. The summed E-state index contributed by atoms with van der Waals surface area (Å²) >= 11 is 2.04. The van der Waals surface area contributed by atoms with Crippen molar-refractivity contribution in [3.63, 3.8) is 0 Å². The second-order valence-corrected chi connectivity index (χ2v) is 3.01. The summed E-state index contributed by atoms with van der Waals surface area (Å²) in [5.74, 6) is 1.11. The van der Waals surface area contributed by atoms with Crippen LogP contribution in [-0.4, -0.2) is 17.1 Å². The molecule has 4 nitrogen and oxygen atoms in total. The maximum absolute atomic E-state index is 5.60. The number of rotatable bonds is 1. The zero-order valence-corrected chi connectivity index (χ0v) is 8.42. The summed E-state index contributed by atoms with van der Waals surface area (Å²) in [4.78, 5) is 8.04. The van der Waals surface area contributed by atoms with E-state index in [9.17, 15) is 0 Å². The van der Waals surface area contributed by atoms with Gasteiger partial charge in [0.1, 0.15) is 15.2 Å². The summed E-state index contributed by atoms with van der Waals surface area (Å²) in [7, 11) is 1.54. The van der Waals surface area contributed by atoms with E-state index < -0.39 is 0 Å². The molecule has 1 aromatic heterocycles. The Balaban J connectivity index is 3.24. The van der Waals surface area contributed by atoms with Crippen molar-refractivity contribution in [1.82, 2.24) is 9.97 Å². The van der Waals surface area contributed by atoms with Gasteiger partial charge in [-0.2, -0.15) is 4.98 Å². The Morgan fingerprint density at radius 3 is 2.64 bits per heavy atom. The van der Waals surface area contributed by atoms with Gasteiger partial charge in [0.15, 0.2) is 0 Å². The average Bonchev–Trinajstić information content (AvgIpc) is 1.96. The maximum Gasteiger partial charge on any atom is 0.241 e. The molecule has 5 heteroatoms. The van der Waals surface area contributed by atoms with Crippen LogP contribution < -0.4 is 10.5 Å². The molecule has 1 heterocycles. The maximum atomic E-state index is 5.60. The highest BCUT2D eigenvalue weighted by Crippen LogP contribution is 2.21. The molecule has 1 aromatic rings. The highest BCUT2D eigenvalue weighted by molar-refractivity contribution is 14.1. The van der Waals surface area contributed by atoms with Gasteiger partial charge in [0.25, 0.3) is 0 Å². The topological polar surface area (TPSA) is 61.0 Å². The van der Waals surface area contributed by atoms with E-state index in [0.29, 0.717) is 17.4 Å².